The molecule has 0 unspecified atom stereocenters. The molecule has 0 spiro atoms. The van der Waals surface area contributed by atoms with Crippen molar-refractivity contribution in [1.29, 1.82) is 0 Å². The molecule has 0 bridgehead atoms. The SMILES string of the molecule is CCc1cccc2c(N(N)N)cccc12. The maximum absolute atomic E-state index is 5.58. The van der Waals surface area contributed by atoms with E-state index in [1.54, 1.807) is 0 Å². The summed E-state index contributed by atoms with van der Waals surface area (Å²) in [5.41, 5.74) is 2.17. The van der Waals surface area contributed by atoms with Gasteiger partial charge in [0.25, 0.3) is 0 Å². The summed E-state index contributed by atoms with van der Waals surface area (Å²) in [5, 5.41) is 3.49. The molecule has 3 nitrogen and oxygen atoms in total. The number of hydrogen-bond acceptors (Lipinski definition) is 3. The topological polar surface area (TPSA) is 55.3 Å². The summed E-state index contributed by atoms with van der Waals surface area (Å²) in [6.45, 7) is 2.14. The maximum Gasteiger partial charge on any atom is 0.0775 e. The highest BCUT2D eigenvalue weighted by Crippen LogP contribution is 2.26. The van der Waals surface area contributed by atoms with Gasteiger partial charge >= 0.3 is 0 Å². The zero-order valence-corrected chi connectivity index (χ0v) is 8.77. The second kappa shape index (κ2) is 3.88. The van der Waals surface area contributed by atoms with E-state index >= 15 is 0 Å². The van der Waals surface area contributed by atoms with Gasteiger partial charge in [0.1, 0.15) is 0 Å². The Hall–Kier alpha value is -1.58. The fourth-order valence-corrected chi connectivity index (χ4v) is 1.89. The third kappa shape index (κ3) is 1.67. The van der Waals surface area contributed by atoms with Crippen LogP contribution in [0.4, 0.5) is 5.69 Å². The van der Waals surface area contributed by atoms with Gasteiger partial charge in [0.2, 0.25) is 0 Å². The first-order valence-corrected chi connectivity index (χ1v) is 5.04. The summed E-state index contributed by atoms with van der Waals surface area (Å²) in [4.78, 5) is 0. The van der Waals surface area contributed by atoms with Crippen molar-refractivity contribution in [3.05, 3.63) is 42.0 Å². The Morgan fingerprint density at radius 3 is 2.33 bits per heavy atom. The molecule has 78 valence electrons. The van der Waals surface area contributed by atoms with E-state index in [1.165, 1.54) is 16.1 Å². The molecule has 0 aliphatic heterocycles. The zero-order valence-electron chi connectivity index (χ0n) is 8.77. The number of fused-ring (bicyclic) bond motifs is 1. The number of benzene rings is 2. The molecule has 4 N–H and O–H groups in total. The van der Waals surface area contributed by atoms with Gasteiger partial charge in [-0.15, -0.1) is 0 Å². The molecular formula is C12H15N3. The summed E-state index contributed by atoms with van der Waals surface area (Å²) >= 11 is 0. The number of nitrogens with two attached hydrogens (primary N) is 2. The molecule has 0 heterocycles. The van der Waals surface area contributed by atoms with Crippen LogP contribution >= 0.6 is 0 Å². The molecule has 0 saturated heterocycles. The lowest BCUT2D eigenvalue weighted by molar-refractivity contribution is 0.931. The lowest BCUT2D eigenvalue weighted by Crippen LogP contribution is -2.37. The standard InChI is InChI=1S/C12H15N3/c1-2-9-5-3-7-11-10(9)6-4-8-12(11)15(13)14/h3-8H,2,13-14H2,1H3. The molecule has 0 aliphatic rings. The van der Waals surface area contributed by atoms with Crippen LogP contribution in [0.3, 0.4) is 0 Å². The Balaban J connectivity index is 2.76. The van der Waals surface area contributed by atoms with Crippen molar-refractivity contribution in [3.8, 4) is 0 Å². The van der Waals surface area contributed by atoms with E-state index < -0.39 is 0 Å². The highest BCUT2D eigenvalue weighted by atomic mass is 15.6. The van der Waals surface area contributed by atoms with Crippen molar-refractivity contribution in [1.82, 2.24) is 0 Å². The molecule has 15 heavy (non-hydrogen) atoms. The Kier molecular flexibility index (Phi) is 2.58. The van der Waals surface area contributed by atoms with Gasteiger partial charge in [-0.2, -0.15) is 0 Å². The van der Waals surface area contributed by atoms with Gasteiger partial charge < -0.3 is 0 Å². The summed E-state index contributed by atoms with van der Waals surface area (Å²) in [6, 6.07) is 12.2. The van der Waals surface area contributed by atoms with Crippen molar-refractivity contribution in [2.24, 2.45) is 11.7 Å². The first kappa shape index (κ1) is 9.96. The quantitative estimate of drug-likeness (QED) is 0.577. The lowest BCUT2D eigenvalue weighted by atomic mass is 10.0. The lowest BCUT2D eigenvalue weighted by Gasteiger charge is -2.15. The molecule has 0 saturated carbocycles. The molecule has 0 amide bonds. The largest absolute Gasteiger partial charge is 0.246 e. The fraction of sp³-hybridized carbons (Fsp3) is 0.167. The minimum absolute atomic E-state index is 0.850. The van der Waals surface area contributed by atoms with Crippen LogP contribution in [0.5, 0.6) is 0 Å². The fourth-order valence-electron chi connectivity index (χ4n) is 1.89. The van der Waals surface area contributed by atoms with Crippen molar-refractivity contribution < 1.29 is 0 Å². The van der Waals surface area contributed by atoms with Crippen LogP contribution in [0, 0.1) is 0 Å². The van der Waals surface area contributed by atoms with E-state index in [-0.39, 0.29) is 0 Å². The predicted octanol–water partition coefficient (Wildman–Crippen LogP) is 1.96. The molecule has 0 radical (unpaired) electrons. The molecule has 2 aromatic carbocycles. The number of aryl methyl sites for hydroxylation is 1. The van der Waals surface area contributed by atoms with Crippen LogP contribution in [0.25, 0.3) is 10.8 Å². The van der Waals surface area contributed by atoms with E-state index in [0.29, 0.717) is 0 Å². The Bertz CT molecular complexity index is 477. The van der Waals surface area contributed by atoms with Gasteiger partial charge in [-0.3, -0.25) is 0 Å². The van der Waals surface area contributed by atoms with Gasteiger partial charge in [-0.05, 0) is 23.4 Å². The molecule has 3 heteroatoms. The Morgan fingerprint density at radius 2 is 1.67 bits per heavy atom. The molecule has 2 aromatic rings. The molecular weight excluding hydrogens is 186 g/mol. The van der Waals surface area contributed by atoms with Gasteiger partial charge in [-0.25, -0.2) is 16.8 Å². The molecule has 0 fully saturated rings. The van der Waals surface area contributed by atoms with Crippen LogP contribution in [-0.4, -0.2) is 0 Å². The van der Waals surface area contributed by atoms with Gasteiger partial charge in [0, 0.05) is 5.39 Å². The number of rotatable bonds is 2. The van der Waals surface area contributed by atoms with Crippen molar-refractivity contribution in [2.75, 3.05) is 5.12 Å². The first-order valence-electron chi connectivity index (χ1n) is 5.04. The normalized spacial score (nSPS) is 10.6. The second-order valence-electron chi connectivity index (χ2n) is 3.55. The summed E-state index contributed by atoms with van der Waals surface area (Å²) in [6.07, 6.45) is 1.01. The zero-order chi connectivity index (χ0) is 10.8. The Morgan fingerprint density at radius 1 is 1.00 bits per heavy atom. The summed E-state index contributed by atoms with van der Waals surface area (Å²) in [5.74, 6) is 11.2. The summed E-state index contributed by atoms with van der Waals surface area (Å²) in [7, 11) is 0. The Labute approximate surface area is 89.2 Å². The molecule has 0 aromatic heterocycles. The highest BCUT2D eigenvalue weighted by molar-refractivity contribution is 5.95. The highest BCUT2D eigenvalue weighted by Gasteiger charge is 2.05. The van der Waals surface area contributed by atoms with E-state index in [0.717, 1.165) is 17.5 Å². The van der Waals surface area contributed by atoms with Crippen LogP contribution in [-0.2, 0) is 6.42 Å². The minimum atomic E-state index is 0.850. The van der Waals surface area contributed by atoms with Gasteiger partial charge in [0.15, 0.2) is 0 Å². The van der Waals surface area contributed by atoms with Crippen molar-refractivity contribution in [2.45, 2.75) is 13.3 Å². The average molecular weight is 201 g/mol. The van der Waals surface area contributed by atoms with Crippen LogP contribution < -0.4 is 16.8 Å². The maximum atomic E-state index is 5.58. The van der Waals surface area contributed by atoms with Crippen LogP contribution in [0.15, 0.2) is 36.4 Å². The third-order valence-corrected chi connectivity index (χ3v) is 2.65. The predicted molar refractivity (Wildman–Crippen MR) is 64.2 cm³/mol. The van der Waals surface area contributed by atoms with Crippen molar-refractivity contribution in [3.63, 3.8) is 0 Å². The van der Waals surface area contributed by atoms with E-state index in [2.05, 4.69) is 19.1 Å². The van der Waals surface area contributed by atoms with E-state index in [9.17, 15) is 0 Å². The summed E-state index contributed by atoms with van der Waals surface area (Å²) < 4.78 is 0. The van der Waals surface area contributed by atoms with E-state index in [4.69, 9.17) is 11.7 Å². The van der Waals surface area contributed by atoms with E-state index in [1.807, 2.05) is 24.3 Å². The third-order valence-electron chi connectivity index (χ3n) is 2.65. The number of nitrogens with zero attached hydrogens (tertiary/aromatic N) is 1. The number of anilines is 1. The monoisotopic (exact) mass is 201 g/mol. The van der Waals surface area contributed by atoms with Crippen LogP contribution in [0.2, 0.25) is 0 Å². The number of hydrazine groups is 2. The smallest absolute Gasteiger partial charge is 0.0775 e. The minimum Gasteiger partial charge on any atom is -0.246 e. The van der Waals surface area contributed by atoms with Gasteiger partial charge in [0.05, 0.1) is 5.69 Å². The first-order chi connectivity index (χ1) is 7.24. The van der Waals surface area contributed by atoms with Gasteiger partial charge in [-0.1, -0.05) is 37.3 Å². The second-order valence-corrected chi connectivity index (χ2v) is 3.55. The molecule has 0 atom stereocenters. The molecule has 0 aliphatic carbocycles. The van der Waals surface area contributed by atoms with Crippen LogP contribution in [0.1, 0.15) is 12.5 Å². The van der Waals surface area contributed by atoms with Crippen molar-refractivity contribution >= 4 is 16.5 Å². The average Bonchev–Trinajstić information content (AvgIpc) is 2.27. The number of hydrogen-bond donors (Lipinski definition) is 2. The molecule has 2 rings (SSSR count).